The molecule has 1 unspecified atom stereocenters. The van der Waals surface area contributed by atoms with Crippen LogP contribution in [0.25, 0.3) is 0 Å². The van der Waals surface area contributed by atoms with Gasteiger partial charge < -0.3 is 10.4 Å². The first kappa shape index (κ1) is 14.1. The molecule has 17 heavy (non-hydrogen) atoms. The standard InChI is InChI=1S/C12H15BrFNO2/c1-2-11(16)3-4-15-12(17)8-5-9(13)7-10(14)6-8/h5-7,11,16H,2-4H2,1H3,(H,15,17). The maximum Gasteiger partial charge on any atom is 0.251 e. The van der Waals surface area contributed by atoms with Crippen molar-refractivity contribution >= 4 is 21.8 Å². The molecule has 0 bridgehead atoms. The van der Waals surface area contributed by atoms with E-state index in [-0.39, 0.29) is 11.5 Å². The van der Waals surface area contributed by atoms with Gasteiger partial charge in [0.15, 0.2) is 0 Å². The molecule has 0 aliphatic rings. The number of amides is 1. The highest BCUT2D eigenvalue weighted by molar-refractivity contribution is 9.10. The molecule has 0 fully saturated rings. The van der Waals surface area contributed by atoms with Gasteiger partial charge in [-0.15, -0.1) is 0 Å². The molecule has 5 heteroatoms. The second-order valence-electron chi connectivity index (χ2n) is 3.76. The molecule has 3 nitrogen and oxygen atoms in total. The third-order valence-electron chi connectivity index (χ3n) is 2.36. The van der Waals surface area contributed by atoms with E-state index in [1.54, 1.807) is 6.07 Å². The van der Waals surface area contributed by atoms with E-state index in [9.17, 15) is 14.3 Å². The number of aliphatic hydroxyl groups excluding tert-OH is 1. The van der Waals surface area contributed by atoms with Crippen molar-refractivity contribution in [1.82, 2.24) is 5.32 Å². The molecule has 0 radical (unpaired) electrons. The summed E-state index contributed by atoms with van der Waals surface area (Å²) in [4.78, 5) is 11.6. The molecule has 0 spiro atoms. The van der Waals surface area contributed by atoms with Gasteiger partial charge in [0.2, 0.25) is 0 Å². The summed E-state index contributed by atoms with van der Waals surface area (Å²) in [6, 6.07) is 4.02. The van der Waals surface area contributed by atoms with Crippen LogP contribution in [0.3, 0.4) is 0 Å². The molecule has 0 aliphatic carbocycles. The van der Waals surface area contributed by atoms with Gasteiger partial charge in [-0.25, -0.2) is 4.39 Å². The minimum atomic E-state index is -0.460. The number of benzene rings is 1. The van der Waals surface area contributed by atoms with E-state index in [1.807, 2.05) is 6.92 Å². The Hall–Kier alpha value is -0.940. The second kappa shape index (κ2) is 6.71. The quantitative estimate of drug-likeness (QED) is 0.878. The normalized spacial score (nSPS) is 12.2. The topological polar surface area (TPSA) is 49.3 Å². The number of aliphatic hydroxyl groups is 1. The third-order valence-corrected chi connectivity index (χ3v) is 2.82. The van der Waals surface area contributed by atoms with Crippen LogP contribution >= 0.6 is 15.9 Å². The van der Waals surface area contributed by atoms with Crippen molar-refractivity contribution in [2.45, 2.75) is 25.9 Å². The summed E-state index contributed by atoms with van der Waals surface area (Å²) >= 11 is 3.12. The van der Waals surface area contributed by atoms with Crippen LogP contribution in [0.2, 0.25) is 0 Å². The van der Waals surface area contributed by atoms with Crippen LogP contribution in [0, 0.1) is 5.82 Å². The maximum atomic E-state index is 13.0. The zero-order chi connectivity index (χ0) is 12.8. The van der Waals surface area contributed by atoms with Crippen molar-refractivity contribution < 1.29 is 14.3 Å². The predicted molar refractivity (Wildman–Crippen MR) is 67.3 cm³/mol. The van der Waals surface area contributed by atoms with Gasteiger partial charge in [-0.2, -0.15) is 0 Å². The lowest BCUT2D eigenvalue weighted by atomic mass is 10.2. The molecule has 1 aromatic rings. The Balaban J connectivity index is 2.52. The number of hydrogen-bond donors (Lipinski definition) is 2. The first-order chi connectivity index (χ1) is 8.02. The average Bonchev–Trinajstić information content (AvgIpc) is 2.27. The Kier molecular flexibility index (Phi) is 5.58. The molecule has 0 aromatic heterocycles. The second-order valence-corrected chi connectivity index (χ2v) is 4.68. The summed E-state index contributed by atoms with van der Waals surface area (Å²) in [7, 11) is 0. The Morgan fingerprint density at radius 2 is 2.24 bits per heavy atom. The molecule has 0 saturated carbocycles. The lowest BCUT2D eigenvalue weighted by molar-refractivity contribution is 0.0941. The molecule has 0 heterocycles. The molecule has 1 rings (SSSR count). The molecule has 2 N–H and O–H groups in total. The van der Waals surface area contributed by atoms with Gasteiger partial charge in [-0.1, -0.05) is 22.9 Å². The number of halogens is 2. The Morgan fingerprint density at radius 3 is 2.82 bits per heavy atom. The van der Waals surface area contributed by atoms with Crippen LogP contribution in [0.5, 0.6) is 0 Å². The van der Waals surface area contributed by atoms with E-state index < -0.39 is 11.9 Å². The van der Waals surface area contributed by atoms with Gasteiger partial charge in [-0.3, -0.25) is 4.79 Å². The summed E-state index contributed by atoms with van der Waals surface area (Å²) < 4.78 is 13.6. The zero-order valence-electron chi connectivity index (χ0n) is 9.54. The fraction of sp³-hybridized carbons (Fsp3) is 0.417. The summed E-state index contributed by atoms with van der Waals surface area (Å²) in [5, 5.41) is 11.9. The van der Waals surface area contributed by atoms with Gasteiger partial charge in [0.05, 0.1) is 6.10 Å². The molecule has 0 aliphatic heterocycles. The fourth-order valence-electron chi connectivity index (χ4n) is 1.34. The Labute approximate surface area is 108 Å². The van der Waals surface area contributed by atoms with Gasteiger partial charge in [0.1, 0.15) is 5.82 Å². The van der Waals surface area contributed by atoms with E-state index >= 15 is 0 Å². The average molecular weight is 304 g/mol. The molecule has 1 aromatic carbocycles. The molecular formula is C12H15BrFNO2. The van der Waals surface area contributed by atoms with Crippen LogP contribution in [-0.4, -0.2) is 23.7 Å². The maximum absolute atomic E-state index is 13.0. The van der Waals surface area contributed by atoms with Gasteiger partial charge in [0.25, 0.3) is 5.91 Å². The highest BCUT2D eigenvalue weighted by atomic mass is 79.9. The van der Waals surface area contributed by atoms with Gasteiger partial charge >= 0.3 is 0 Å². The fourth-order valence-corrected chi connectivity index (χ4v) is 1.81. The monoisotopic (exact) mass is 303 g/mol. The van der Waals surface area contributed by atoms with Gasteiger partial charge in [-0.05, 0) is 31.0 Å². The van der Waals surface area contributed by atoms with E-state index in [1.165, 1.54) is 12.1 Å². The van der Waals surface area contributed by atoms with E-state index in [0.717, 1.165) is 0 Å². The van der Waals surface area contributed by atoms with Crippen LogP contribution in [-0.2, 0) is 0 Å². The van der Waals surface area contributed by atoms with Crippen molar-refractivity contribution in [1.29, 1.82) is 0 Å². The van der Waals surface area contributed by atoms with E-state index in [2.05, 4.69) is 21.2 Å². The summed E-state index contributed by atoms with van der Waals surface area (Å²) in [5.74, 6) is -0.799. The third kappa shape index (κ3) is 4.83. The number of carbonyl (C=O) groups excluding carboxylic acids is 1. The van der Waals surface area contributed by atoms with E-state index in [4.69, 9.17) is 0 Å². The number of hydrogen-bond acceptors (Lipinski definition) is 2. The Bertz CT molecular complexity index is 378. The molecular weight excluding hydrogens is 289 g/mol. The molecule has 1 amide bonds. The van der Waals surface area contributed by atoms with Crippen molar-refractivity contribution in [2.24, 2.45) is 0 Å². The first-order valence-electron chi connectivity index (χ1n) is 5.45. The van der Waals surface area contributed by atoms with Crippen molar-refractivity contribution in [3.63, 3.8) is 0 Å². The summed E-state index contributed by atoms with van der Waals surface area (Å²) in [5.41, 5.74) is 0.267. The van der Waals surface area contributed by atoms with Crippen LogP contribution in [0.15, 0.2) is 22.7 Å². The number of carbonyl (C=O) groups is 1. The van der Waals surface area contributed by atoms with Crippen LogP contribution in [0.1, 0.15) is 30.1 Å². The largest absolute Gasteiger partial charge is 0.393 e. The molecule has 1 atom stereocenters. The first-order valence-corrected chi connectivity index (χ1v) is 6.24. The molecule has 94 valence electrons. The predicted octanol–water partition coefficient (Wildman–Crippen LogP) is 2.48. The summed E-state index contributed by atoms with van der Waals surface area (Å²) in [6.07, 6.45) is 0.745. The lowest BCUT2D eigenvalue weighted by Crippen LogP contribution is -2.27. The lowest BCUT2D eigenvalue weighted by Gasteiger charge is -2.09. The summed E-state index contributed by atoms with van der Waals surface area (Å²) in [6.45, 7) is 2.25. The van der Waals surface area contributed by atoms with Crippen LogP contribution in [0.4, 0.5) is 4.39 Å². The van der Waals surface area contributed by atoms with Crippen molar-refractivity contribution in [3.8, 4) is 0 Å². The van der Waals surface area contributed by atoms with Gasteiger partial charge in [0, 0.05) is 16.6 Å². The minimum Gasteiger partial charge on any atom is -0.393 e. The van der Waals surface area contributed by atoms with E-state index in [0.29, 0.717) is 23.9 Å². The Morgan fingerprint density at radius 1 is 1.53 bits per heavy atom. The zero-order valence-corrected chi connectivity index (χ0v) is 11.1. The highest BCUT2D eigenvalue weighted by Crippen LogP contribution is 2.14. The number of nitrogens with one attached hydrogen (secondary N) is 1. The van der Waals surface area contributed by atoms with Crippen molar-refractivity contribution in [3.05, 3.63) is 34.1 Å². The number of rotatable bonds is 5. The molecule has 0 saturated heterocycles. The SMILES string of the molecule is CCC(O)CCNC(=O)c1cc(F)cc(Br)c1. The van der Waals surface area contributed by atoms with Crippen molar-refractivity contribution in [2.75, 3.05) is 6.54 Å². The highest BCUT2D eigenvalue weighted by Gasteiger charge is 2.08. The smallest absolute Gasteiger partial charge is 0.251 e. The minimum absolute atomic E-state index is 0.267. The van der Waals surface area contributed by atoms with Crippen LogP contribution < -0.4 is 5.32 Å².